The first kappa shape index (κ1) is 14.4. The van der Waals surface area contributed by atoms with Crippen molar-refractivity contribution in [2.45, 2.75) is 0 Å². The fraction of sp³-hybridized carbons (Fsp3) is 0.154. The molecule has 2 aromatic rings. The predicted octanol–water partition coefficient (Wildman–Crippen LogP) is 4.48. The van der Waals surface area contributed by atoms with Crippen LogP contribution < -0.4 is 10.2 Å². The van der Waals surface area contributed by atoms with Gasteiger partial charge in [0.05, 0.1) is 11.4 Å². The molecule has 1 heterocycles. The lowest BCUT2D eigenvalue weighted by Gasteiger charge is -2.18. The van der Waals surface area contributed by atoms with Crippen LogP contribution in [0.15, 0.2) is 34.1 Å². The van der Waals surface area contributed by atoms with E-state index in [1.165, 1.54) is 11.3 Å². The third-order valence-electron chi connectivity index (χ3n) is 2.51. The smallest absolute Gasteiger partial charge is 0.266 e. The van der Waals surface area contributed by atoms with Crippen molar-refractivity contribution in [3.63, 3.8) is 0 Å². The van der Waals surface area contributed by atoms with E-state index in [9.17, 15) is 4.79 Å². The second-order valence-corrected chi connectivity index (χ2v) is 6.31. The average molecular weight is 360 g/mol. The summed E-state index contributed by atoms with van der Waals surface area (Å²) in [7, 11) is 3.83. The lowest BCUT2D eigenvalue weighted by atomic mass is 10.2. The zero-order valence-electron chi connectivity index (χ0n) is 10.4. The highest BCUT2D eigenvalue weighted by Crippen LogP contribution is 2.30. The van der Waals surface area contributed by atoms with Gasteiger partial charge in [0.25, 0.3) is 5.91 Å². The van der Waals surface area contributed by atoms with Crippen molar-refractivity contribution in [2.24, 2.45) is 0 Å². The summed E-state index contributed by atoms with van der Waals surface area (Å²) in [5, 5.41) is 5.35. The number of anilines is 2. The Hall–Kier alpha value is -1.04. The largest absolute Gasteiger partial charge is 0.376 e. The highest BCUT2D eigenvalue weighted by molar-refractivity contribution is 9.10. The monoisotopic (exact) mass is 358 g/mol. The molecule has 0 saturated heterocycles. The first-order chi connectivity index (χ1) is 8.99. The van der Waals surface area contributed by atoms with E-state index in [0.717, 1.165) is 10.2 Å². The minimum Gasteiger partial charge on any atom is -0.376 e. The minimum absolute atomic E-state index is 0.146. The van der Waals surface area contributed by atoms with Gasteiger partial charge in [-0.05, 0) is 45.6 Å². The Balaban J connectivity index is 2.31. The summed E-state index contributed by atoms with van der Waals surface area (Å²) >= 11 is 10.7. The quantitative estimate of drug-likeness (QED) is 0.876. The van der Waals surface area contributed by atoms with Crippen molar-refractivity contribution in [3.8, 4) is 0 Å². The fourth-order valence-corrected chi connectivity index (χ4v) is 3.25. The van der Waals surface area contributed by atoms with Crippen molar-refractivity contribution in [1.29, 1.82) is 0 Å². The van der Waals surface area contributed by atoms with Gasteiger partial charge in [0, 0.05) is 23.6 Å². The number of carbonyl (C=O) groups excluding carboxylic acids is 1. The SMILES string of the molecule is CN(C)c1ccc(Cl)cc1NC(=O)c1sccc1Br. The molecule has 0 bridgehead atoms. The molecular weight excluding hydrogens is 348 g/mol. The number of rotatable bonds is 3. The molecule has 0 aliphatic heterocycles. The van der Waals surface area contributed by atoms with Crippen LogP contribution in [0.3, 0.4) is 0 Å². The molecule has 1 amide bonds. The van der Waals surface area contributed by atoms with E-state index in [-0.39, 0.29) is 5.91 Å². The maximum Gasteiger partial charge on any atom is 0.266 e. The molecule has 1 aromatic heterocycles. The first-order valence-corrected chi connectivity index (χ1v) is 7.55. The number of nitrogens with one attached hydrogen (secondary N) is 1. The molecule has 100 valence electrons. The number of amides is 1. The topological polar surface area (TPSA) is 32.3 Å². The molecule has 0 saturated carbocycles. The van der Waals surface area contributed by atoms with Crippen molar-refractivity contribution in [1.82, 2.24) is 0 Å². The standard InChI is InChI=1S/C13H12BrClN2OS/c1-17(2)11-4-3-8(15)7-10(11)16-13(18)12-9(14)5-6-19-12/h3-7H,1-2H3,(H,16,18). The zero-order valence-corrected chi connectivity index (χ0v) is 13.6. The van der Waals surface area contributed by atoms with Gasteiger partial charge in [-0.25, -0.2) is 0 Å². The number of hydrogen-bond donors (Lipinski definition) is 1. The maximum absolute atomic E-state index is 12.2. The summed E-state index contributed by atoms with van der Waals surface area (Å²) in [4.78, 5) is 14.8. The molecule has 2 rings (SSSR count). The summed E-state index contributed by atoms with van der Waals surface area (Å²) in [6.45, 7) is 0. The van der Waals surface area contributed by atoms with Crippen molar-refractivity contribution in [3.05, 3.63) is 44.0 Å². The fourth-order valence-electron chi connectivity index (χ4n) is 1.63. The minimum atomic E-state index is -0.146. The van der Waals surface area contributed by atoms with Crippen LogP contribution in [0.4, 0.5) is 11.4 Å². The molecule has 0 spiro atoms. The summed E-state index contributed by atoms with van der Waals surface area (Å²) < 4.78 is 0.795. The Kier molecular flexibility index (Phi) is 4.50. The molecule has 0 aliphatic carbocycles. The highest BCUT2D eigenvalue weighted by atomic mass is 79.9. The Bertz CT molecular complexity index is 612. The van der Waals surface area contributed by atoms with Gasteiger partial charge < -0.3 is 10.2 Å². The number of carbonyl (C=O) groups is 1. The molecular formula is C13H12BrClN2OS. The number of nitrogens with zero attached hydrogens (tertiary/aromatic N) is 1. The molecule has 0 aliphatic rings. The van der Waals surface area contributed by atoms with Crippen LogP contribution in [0.5, 0.6) is 0 Å². The van der Waals surface area contributed by atoms with E-state index in [4.69, 9.17) is 11.6 Å². The zero-order chi connectivity index (χ0) is 14.0. The van der Waals surface area contributed by atoms with Crippen LogP contribution in [0, 0.1) is 0 Å². The van der Waals surface area contributed by atoms with Crippen LogP contribution in [-0.2, 0) is 0 Å². The molecule has 0 unspecified atom stereocenters. The van der Waals surface area contributed by atoms with Crippen LogP contribution in [0.25, 0.3) is 0 Å². The third kappa shape index (κ3) is 3.29. The maximum atomic E-state index is 12.2. The lowest BCUT2D eigenvalue weighted by Crippen LogP contribution is -2.16. The van der Waals surface area contributed by atoms with Gasteiger partial charge in [0.2, 0.25) is 0 Å². The van der Waals surface area contributed by atoms with E-state index in [1.54, 1.807) is 12.1 Å². The predicted molar refractivity (Wildman–Crippen MR) is 85.8 cm³/mol. The molecule has 0 fully saturated rings. The van der Waals surface area contributed by atoms with Crippen molar-refractivity contribution < 1.29 is 4.79 Å². The summed E-state index contributed by atoms with van der Waals surface area (Å²) in [6, 6.07) is 7.27. The van der Waals surface area contributed by atoms with Gasteiger partial charge in [0.1, 0.15) is 4.88 Å². The average Bonchev–Trinajstić information content (AvgIpc) is 2.75. The molecule has 0 atom stereocenters. The Labute approximate surface area is 129 Å². The van der Waals surface area contributed by atoms with Crippen molar-refractivity contribution >= 4 is 56.1 Å². The van der Waals surface area contributed by atoms with E-state index in [0.29, 0.717) is 15.6 Å². The number of benzene rings is 1. The third-order valence-corrected chi connectivity index (χ3v) is 4.58. The van der Waals surface area contributed by atoms with Gasteiger partial charge in [-0.15, -0.1) is 11.3 Å². The van der Waals surface area contributed by atoms with Crippen LogP contribution in [-0.4, -0.2) is 20.0 Å². The number of hydrogen-bond acceptors (Lipinski definition) is 3. The summed E-state index contributed by atoms with van der Waals surface area (Å²) in [5.74, 6) is -0.146. The van der Waals surface area contributed by atoms with Gasteiger partial charge >= 0.3 is 0 Å². The van der Waals surface area contributed by atoms with Crippen molar-refractivity contribution in [2.75, 3.05) is 24.3 Å². The van der Waals surface area contributed by atoms with Crippen LogP contribution >= 0.6 is 38.9 Å². The Morgan fingerprint density at radius 2 is 2.11 bits per heavy atom. The Morgan fingerprint density at radius 3 is 2.68 bits per heavy atom. The van der Waals surface area contributed by atoms with Gasteiger partial charge in [-0.3, -0.25) is 4.79 Å². The van der Waals surface area contributed by atoms with Gasteiger partial charge in [-0.2, -0.15) is 0 Å². The molecule has 0 radical (unpaired) electrons. The second-order valence-electron chi connectivity index (χ2n) is 4.11. The molecule has 3 nitrogen and oxygen atoms in total. The van der Waals surface area contributed by atoms with Crippen LogP contribution in [0.1, 0.15) is 9.67 Å². The summed E-state index contributed by atoms with van der Waals surface area (Å²) in [6.07, 6.45) is 0. The Morgan fingerprint density at radius 1 is 1.37 bits per heavy atom. The van der Waals surface area contributed by atoms with Gasteiger partial charge in [0.15, 0.2) is 0 Å². The normalized spacial score (nSPS) is 10.3. The highest BCUT2D eigenvalue weighted by Gasteiger charge is 2.14. The molecule has 6 heteroatoms. The first-order valence-electron chi connectivity index (χ1n) is 5.50. The number of halogens is 2. The van der Waals surface area contributed by atoms with E-state index in [2.05, 4.69) is 21.2 Å². The van der Waals surface area contributed by atoms with E-state index < -0.39 is 0 Å². The molecule has 19 heavy (non-hydrogen) atoms. The molecule has 1 aromatic carbocycles. The van der Waals surface area contributed by atoms with E-state index in [1.807, 2.05) is 36.5 Å². The van der Waals surface area contributed by atoms with E-state index >= 15 is 0 Å². The van der Waals surface area contributed by atoms with Crippen LogP contribution in [0.2, 0.25) is 5.02 Å². The number of thiophene rings is 1. The summed E-state index contributed by atoms with van der Waals surface area (Å²) in [5.41, 5.74) is 1.60. The molecule has 1 N–H and O–H groups in total. The second kappa shape index (κ2) is 5.94. The lowest BCUT2D eigenvalue weighted by molar-refractivity contribution is 0.103. The van der Waals surface area contributed by atoms with Gasteiger partial charge in [-0.1, -0.05) is 11.6 Å².